The Hall–Kier alpha value is -0.990. The minimum absolute atomic E-state index is 0.137. The zero-order chi connectivity index (χ0) is 11.5. The number of hydrogen-bond donors (Lipinski definition) is 0. The Balaban J connectivity index is 2.87. The molecule has 0 aromatic rings. The van der Waals surface area contributed by atoms with Crippen molar-refractivity contribution in [2.75, 3.05) is 7.11 Å². The Morgan fingerprint density at radius 1 is 1.53 bits per heavy atom. The van der Waals surface area contributed by atoms with E-state index in [1.54, 1.807) is 0 Å². The van der Waals surface area contributed by atoms with Crippen molar-refractivity contribution >= 4 is 5.97 Å². The third kappa shape index (κ3) is 2.98. The number of carbonyl (C=O) groups excluding carboxylic acids is 1. The zero-order valence-corrected chi connectivity index (χ0v) is 10.1. The molecule has 15 heavy (non-hydrogen) atoms. The van der Waals surface area contributed by atoms with Gasteiger partial charge in [-0.05, 0) is 26.7 Å². The van der Waals surface area contributed by atoms with Gasteiger partial charge in [0.25, 0.3) is 0 Å². The maximum Gasteiger partial charge on any atom is 0.337 e. The third-order valence-corrected chi connectivity index (χ3v) is 2.62. The van der Waals surface area contributed by atoms with E-state index in [-0.39, 0.29) is 11.6 Å². The van der Waals surface area contributed by atoms with E-state index < -0.39 is 0 Å². The summed E-state index contributed by atoms with van der Waals surface area (Å²) in [5, 5.41) is 0. The van der Waals surface area contributed by atoms with Gasteiger partial charge in [0.15, 0.2) is 0 Å². The number of carbonyl (C=O) groups is 1. The van der Waals surface area contributed by atoms with Gasteiger partial charge in [0.1, 0.15) is 11.4 Å². The van der Waals surface area contributed by atoms with Crippen molar-refractivity contribution < 1.29 is 14.3 Å². The summed E-state index contributed by atoms with van der Waals surface area (Å²) in [5.41, 5.74) is 0.577. The number of hydrogen-bond acceptors (Lipinski definition) is 3. The van der Waals surface area contributed by atoms with Crippen molar-refractivity contribution in [1.82, 2.24) is 0 Å². The van der Waals surface area contributed by atoms with E-state index in [1.165, 1.54) is 7.11 Å². The molecule has 1 aliphatic rings. The van der Waals surface area contributed by atoms with Crippen LogP contribution >= 0.6 is 0 Å². The largest absolute Gasteiger partial charge is 0.492 e. The summed E-state index contributed by atoms with van der Waals surface area (Å²) in [7, 11) is 1.42. The van der Waals surface area contributed by atoms with Gasteiger partial charge in [-0.2, -0.15) is 0 Å². The molecular formula is C12H20O3. The Morgan fingerprint density at radius 2 is 2.20 bits per heavy atom. The molecule has 86 valence electrons. The quantitative estimate of drug-likeness (QED) is 0.533. The molecule has 0 atom stereocenters. The highest BCUT2D eigenvalue weighted by molar-refractivity contribution is 5.88. The predicted octanol–water partition coefficient (Wildman–Crippen LogP) is 2.80. The van der Waals surface area contributed by atoms with Gasteiger partial charge in [-0.1, -0.05) is 13.3 Å². The van der Waals surface area contributed by atoms with Gasteiger partial charge in [0, 0.05) is 6.42 Å². The molecule has 0 aliphatic carbocycles. The molecule has 1 fully saturated rings. The molecule has 1 heterocycles. The average molecular weight is 212 g/mol. The van der Waals surface area contributed by atoms with Gasteiger partial charge in [0.2, 0.25) is 0 Å². The topological polar surface area (TPSA) is 35.5 Å². The number of ether oxygens (including phenoxy) is 2. The van der Waals surface area contributed by atoms with Crippen molar-refractivity contribution in [3.05, 3.63) is 11.3 Å². The summed E-state index contributed by atoms with van der Waals surface area (Å²) in [6, 6.07) is 0. The van der Waals surface area contributed by atoms with E-state index in [4.69, 9.17) is 9.47 Å². The maximum absolute atomic E-state index is 11.5. The molecule has 0 amide bonds. The second-order valence-electron chi connectivity index (χ2n) is 4.51. The van der Waals surface area contributed by atoms with Crippen LogP contribution < -0.4 is 0 Å². The molecule has 3 heteroatoms. The predicted molar refractivity (Wildman–Crippen MR) is 58.3 cm³/mol. The van der Waals surface area contributed by atoms with Gasteiger partial charge in [-0.15, -0.1) is 0 Å². The van der Waals surface area contributed by atoms with Crippen LogP contribution in [0, 0.1) is 0 Å². The van der Waals surface area contributed by atoms with Crippen LogP contribution in [0.15, 0.2) is 11.3 Å². The van der Waals surface area contributed by atoms with Crippen molar-refractivity contribution in [3.8, 4) is 0 Å². The van der Waals surface area contributed by atoms with Gasteiger partial charge in [0.05, 0.1) is 12.7 Å². The number of rotatable bonds is 3. The van der Waals surface area contributed by atoms with Gasteiger partial charge in [-0.25, -0.2) is 4.79 Å². The first-order chi connectivity index (χ1) is 7.00. The Kier molecular flexibility index (Phi) is 3.77. The second-order valence-corrected chi connectivity index (χ2v) is 4.51. The molecule has 0 aromatic carbocycles. The second kappa shape index (κ2) is 4.69. The van der Waals surface area contributed by atoms with Gasteiger partial charge in [-0.3, -0.25) is 0 Å². The molecule has 1 rings (SSSR count). The molecule has 0 N–H and O–H groups in total. The van der Waals surface area contributed by atoms with E-state index in [0.717, 1.165) is 31.4 Å². The van der Waals surface area contributed by atoms with Crippen LogP contribution in [0.4, 0.5) is 0 Å². The molecule has 0 spiro atoms. The van der Waals surface area contributed by atoms with Crippen molar-refractivity contribution in [3.63, 3.8) is 0 Å². The standard InChI is InChI=1S/C12H20O3/c1-5-6-9(11(13)14-4)10-7-8-12(2,3)15-10/h5-8H2,1-4H3/b10-9+. The molecule has 1 saturated heterocycles. The molecule has 3 nitrogen and oxygen atoms in total. The normalized spacial score (nSPS) is 22.1. The maximum atomic E-state index is 11.5. The van der Waals surface area contributed by atoms with Crippen LogP contribution in [0.1, 0.15) is 46.5 Å². The fraction of sp³-hybridized carbons (Fsp3) is 0.750. The summed E-state index contributed by atoms with van der Waals surface area (Å²) in [6.07, 6.45) is 3.47. The summed E-state index contributed by atoms with van der Waals surface area (Å²) in [6.45, 7) is 6.13. The highest BCUT2D eigenvalue weighted by atomic mass is 16.5. The minimum Gasteiger partial charge on any atom is -0.492 e. The molecule has 1 aliphatic heterocycles. The first-order valence-electron chi connectivity index (χ1n) is 5.49. The van der Waals surface area contributed by atoms with Crippen molar-refractivity contribution in [2.24, 2.45) is 0 Å². The first kappa shape index (κ1) is 12.1. The number of methoxy groups -OCH3 is 1. The highest BCUT2D eigenvalue weighted by Crippen LogP contribution is 2.35. The Bertz CT molecular complexity index is 277. The van der Waals surface area contributed by atoms with Crippen LogP contribution in [0.25, 0.3) is 0 Å². The van der Waals surface area contributed by atoms with Crippen LogP contribution in [0.5, 0.6) is 0 Å². The van der Waals surface area contributed by atoms with Gasteiger partial charge < -0.3 is 9.47 Å². The highest BCUT2D eigenvalue weighted by Gasteiger charge is 2.31. The molecule has 0 aromatic heterocycles. The Morgan fingerprint density at radius 3 is 2.60 bits per heavy atom. The lowest BCUT2D eigenvalue weighted by Gasteiger charge is -2.18. The number of allylic oxidation sites excluding steroid dienone is 1. The number of esters is 1. The summed E-state index contributed by atoms with van der Waals surface area (Å²) >= 11 is 0. The van der Waals surface area contributed by atoms with Crippen molar-refractivity contribution in [1.29, 1.82) is 0 Å². The van der Waals surface area contributed by atoms with E-state index in [1.807, 2.05) is 20.8 Å². The third-order valence-electron chi connectivity index (χ3n) is 2.62. The Labute approximate surface area is 91.4 Å². The minimum atomic E-state index is -0.246. The average Bonchev–Trinajstić information content (AvgIpc) is 2.54. The fourth-order valence-electron chi connectivity index (χ4n) is 1.79. The zero-order valence-electron chi connectivity index (χ0n) is 10.1. The summed E-state index contributed by atoms with van der Waals surface area (Å²) in [5.74, 6) is 0.582. The van der Waals surface area contributed by atoms with E-state index >= 15 is 0 Å². The van der Waals surface area contributed by atoms with Crippen LogP contribution in [0.2, 0.25) is 0 Å². The SMILES string of the molecule is CCC/C(C(=O)OC)=C1/CCC(C)(C)O1. The lowest BCUT2D eigenvalue weighted by molar-refractivity contribution is -0.136. The van der Waals surface area contributed by atoms with Crippen LogP contribution in [0.3, 0.4) is 0 Å². The fourth-order valence-corrected chi connectivity index (χ4v) is 1.79. The lowest BCUT2D eigenvalue weighted by Crippen LogP contribution is -2.17. The van der Waals surface area contributed by atoms with E-state index in [2.05, 4.69) is 0 Å². The monoisotopic (exact) mass is 212 g/mol. The molecule has 0 saturated carbocycles. The molecule has 0 radical (unpaired) electrons. The van der Waals surface area contributed by atoms with Crippen LogP contribution in [-0.2, 0) is 14.3 Å². The lowest BCUT2D eigenvalue weighted by atomic mass is 10.0. The molecular weight excluding hydrogens is 192 g/mol. The molecule has 0 unspecified atom stereocenters. The van der Waals surface area contributed by atoms with Crippen LogP contribution in [-0.4, -0.2) is 18.7 Å². The molecule has 0 bridgehead atoms. The first-order valence-corrected chi connectivity index (χ1v) is 5.49. The van der Waals surface area contributed by atoms with Crippen molar-refractivity contribution in [2.45, 2.75) is 52.1 Å². The van der Waals surface area contributed by atoms with E-state index in [9.17, 15) is 4.79 Å². The summed E-state index contributed by atoms with van der Waals surface area (Å²) < 4.78 is 10.5. The smallest absolute Gasteiger partial charge is 0.337 e. The summed E-state index contributed by atoms with van der Waals surface area (Å²) in [4.78, 5) is 11.5. The van der Waals surface area contributed by atoms with E-state index in [0.29, 0.717) is 5.57 Å². The van der Waals surface area contributed by atoms with Gasteiger partial charge >= 0.3 is 5.97 Å².